The highest BCUT2D eigenvalue weighted by molar-refractivity contribution is 5.79. The SMILES string of the molecule is CCOC1(OCC)C2CC3C(OC(=O)C31)C2OC(=O)C(C)(C)CC. The summed E-state index contributed by atoms with van der Waals surface area (Å²) in [6.45, 7) is 10.3. The molecule has 0 N–H and O–H groups in total. The van der Waals surface area contributed by atoms with E-state index in [2.05, 4.69) is 0 Å². The molecule has 0 amide bonds. The lowest BCUT2D eigenvalue weighted by Crippen LogP contribution is -2.56. The van der Waals surface area contributed by atoms with Crippen LogP contribution in [0.2, 0.25) is 0 Å². The number of esters is 2. The van der Waals surface area contributed by atoms with Crippen LogP contribution in [0.25, 0.3) is 0 Å². The summed E-state index contributed by atoms with van der Waals surface area (Å²) >= 11 is 0. The van der Waals surface area contributed by atoms with Crippen LogP contribution in [0.3, 0.4) is 0 Å². The van der Waals surface area contributed by atoms with E-state index in [9.17, 15) is 9.59 Å². The molecule has 3 fully saturated rings. The third-order valence-electron chi connectivity index (χ3n) is 5.97. The average molecular weight is 340 g/mol. The number of ether oxygens (including phenoxy) is 4. The molecule has 1 saturated heterocycles. The van der Waals surface area contributed by atoms with Crippen molar-refractivity contribution in [3.05, 3.63) is 0 Å². The summed E-state index contributed by atoms with van der Waals surface area (Å²) in [6.07, 6.45) is 0.556. The van der Waals surface area contributed by atoms with Crippen LogP contribution < -0.4 is 0 Å². The third-order valence-corrected chi connectivity index (χ3v) is 5.97. The zero-order valence-corrected chi connectivity index (χ0v) is 15.2. The van der Waals surface area contributed by atoms with E-state index in [4.69, 9.17) is 18.9 Å². The lowest BCUT2D eigenvalue weighted by Gasteiger charge is -2.42. The van der Waals surface area contributed by atoms with E-state index in [1.165, 1.54) is 0 Å². The van der Waals surface area contributed by atoms with Crippen LogP contribution in [0.4, 0.5) is 0 Å². The van der Waals surface area contributed by atoms with Crippen LogP contribution in [0.15, 0.2) is 0 Å². The van der Waals surface area contributed by atoms with Crippen molar-refractivity contribution in [2.24, 2.45) is 23.2 Å². The first-order chi connectivity index (χ1) is 11.3. The highest BCUT2D eigenvalue weighted by Crippen LogP contribution is 2.62. The maximum Gasteiger partial charge on any atom is 0.315 e. The number of hydrogen-bond donors (Lipinski definition) is 0. The minimum absolute atomic E-state index is 0.00291. The van der Waals surface area contributed by atoms with E-state index < -0.39 is 23.2 Å². The van der Waals surface area contributed by atoms with Crippen molar-refractivity contribution >= 4 is 11.9 Å². The molecule has 1 heterocycles. The predicted molar refractivity (Wildman–Crippen MR) is 84.9 cm³/mol. The molecular formula is C18H28O6. The average Bonchev–Trinajstić information content (AvgIpc) is 3.11. The molecule has 24 heavy (non-hydrogen) atoms. The van der Waals surface area contributed by atoms with Crippen LogP contribution in [0.5, 0.6) is 0 Å². The van der Waals surface area contributed by atoms with Gasteiger partial charge in [-0.1, -0.05) is 6.92 Å². The Hall–Kier alpha value is -1.14. The van der Waals surface area contributed by atoms with Crippen molar-refractivity contribution in [1.29, 1.82) is 0 Å². The zero-order valence-electron chi connectivity index (χ0n) is 15.2. The van der Waals surface area contributed by atoms with E-state index in [0.717, 1.165) is 6.42 Å². The fourth-order valence-corrected chi connectivity index (χ4v) is 4.45. The Labute approximate surface area is 143 Å². The summed E-state index contributed by atoms with van der Waals surface area (Å²) in [5.41, 5.74) is -0.566. The Morgan fingerprint density at radius 2 is 1.88 bits per heavy atom. The highest BCUT2D eigenvalue weighted by Gasteiger charge is 2.76. The molecule has 0 aromatic heterocycles. The monoisotopic (exact) mass is 340 g/mol. The van der Waals surface area contributed by atoms with Crippen LogP contribution in [-0.4, -0.2) is 43.1 Å². The second-order valence-corrected chi connectivity index (χ2v) is 7.58. The first kappa shape index (κ1) is 17.7. The lowest BCUT2D eigenvalue weighted by molar-refractivity contribution is -0.291. The summed E-state index contributed by atoms with van der Waals surface area (Å²) in [6, 6.07) is 0. The molecule has 0 radical (unpaired) electrons. The van der Waals surface area contributed by atoms with Gasteiger partial charge in [-0.05, 0) is 40.5 Å². The van der Waals surface area contributed by atoms with Crippen molar-refractivity contribution in [2.45, 2.75) is 65.5 Å². The molecule has 1 aliphatic heterocycles. The molecule has 5 atom stereocenters. The van der Waals surface area contributed by atoms with Crippen LogP contribution >= 0.6 is 0 Å². The molecule has 136 valence electrons. The lowest BCUT2D eigenvalue weighted by atomic mass is 9.81. The van der Waals surface area contributed by atoms with Crippen LogP contribution in [-0.2, 0) is 28.5 Å². The largest absolute Gasteiger partial charge is 0.458 e. The van der Waals surface area contributed by atoms with E-state index in [-0.39, 0.29) is 29.9 Å². The van der Waals surface area contributed by atoms with Crippen molar-refractivity contribution in [3.8, 4) is 0 Å². The van der Waals surface area contributed by atoms with Crippen molar-refractivity contribution in [3.63, 3.8) is 0 Å². The molecule has 0 spiro atoms. The topological polar surface area (TPSA) is 71.1 Å². The summed E-state index contributed by atoms with van der Waals surface area (Å²) < 4.78 is 23.4. The molecular weight excluding hydrogens is 312 g/mol. The molecule has 3 rings (SSSR count). The molecule has 0 aromatic carbocycles. The van der Waals surface area contributed by atoms with Crippen LogP contribution in [0.1, 0.15) is 47.5 Å². The second-order valence-electron chi connectivity index (χ2n) is 7.58. The summed E-state index contributed by atoms with van der Waals surface area (Å²) in [7, 11) is 0. The van der Waals surface area contributed by atoms with Crippen LogP contribution in [0, 0.1) is 23.2 Å². The highest BCUT2D eigenvalue weighted by atomic mass is 16.7. The van der Waals surface area contributed by atoms with Gasteiger partial charge >= 0.3 is 11.9 Å². The Morgan fingerprint density at radius 3 is 2.42 bits per heavy atom. The molecule has 5 unspecified atom stereocenters. The maximum absolute atomic E-state index is 12.6. The summed E-state index contributed by atoms with van der Waals surface area (Å²) in [5, 5.41) is 0. The molecule has 0 aromatic rings. The van der Waals surface area contributed by atoms with Gasteiger partial charge in [-0.25, -0.2) is 0 Å². The number of carbonyl (C=O) groups excluding carboxylic acids is 2. The number of rotatable bonds is 7. The van der Waals surface area contributed by atoms with Gasteiger partial charge < -0.3 is 18.9 Å². The van der Waals surface area contributed by atoms with Gasteiger partial charge in [0, 0.05) is 19.1 Å². The van der Waals surface area contributed by atoms with Crippen molar-refractivity contribution < 1.29 is 28.5 Å². The molecule has 6 nitrogen and oxygen atoms in total. The Morgan fingerprint density at radius 1 is 1.25 bits per heavy atom. The molecule has 2 saturated carbocycles. The van der Waals surface area contributed by atoms with E-state index in [1.807, 2.05) is 34.6 Å². The quantitative estimate of drug-likeness (QED) is 0.523. The van der Waals surface area contributed by atoms with Gasteiger partial charge in [-0.15, -0.1) is 0 Å². The maximum atomic E-state index is 12.6. The van der Waals surface area contributed by atoms with Gasteiger partial charge in [0.15, 0.2) is 5.79 Å². The standard InChI is InChI=1S/C18H28O6/c1-6-17(4,5)16(20)24-14-11-9-10-12(15(19)23-13(10)14)18(11,21-7-2)22-8-3/h10-14H,6-9H2,1-5H3. The number of hydrogen-bond acceptors (Lipinski definition) is 6. The minimum Gasteiger partial charge on any atom is -0.458 e. The third kappa shape index (κ3) is 2.30. The Balaban J connectivity index is 1.90. The number of fused-ring (bicyclic) bond motifs is 1. The fraction of sp³-hybridized carbons (Fsp3) is 0.889. The predicted octanol–water partition coefficient (Wildman–Crippen LogP) is 2.29. The first-order valence-corrected chi connectivity index (χ1v) is 9.01. The second kappa shape index (κ2) is 5.99. The first-order valence-electron chi connectivity index (χ1n) is 9.01. The minimum atomic E-state index is -1.03. The fourth-order valence-electron chi connectivity index (χ4n) is 4.45. The molecule has 3 aliphatic rings. The Kier molecular flexibility index (Phi) is 4.41. The van der Waals surface area contributed by atoms with E-state index in [0.29, 0.717) is 19.6 Å². The van der Waals surface area contributed by atoms with Crippen molar-refractivity contribution in [2.75, 3.05) is 13.2 Å². The van der Waals surface area contributed by atoms with E-state index >= 15 is 0 Å². The Bertz CT molecular complexity index is 522. The van der Waals surface area contributed by atoms with E-state index in [1.54, 1.807) is 0 Å². The van der Waals surface area contributed by atoms with Gasteiger partial charge in [0.2, 0.25) is 0 Å². The normalized spacial score (nSPS) is 36.0. The van der Waals surface area contributed by atoms with Gasteiger partial charge in [0.05, 0.1) is 11.3 Å². The van der Waals surface area contributed by atoms with Gasteiger partial charge in [0.25, 0.3) is 0 Å². The number of carbonyl (C=O) groups is 2. The summed E-state index contributed by atoms with van der Waals surface area (Å²) in [4.78, 5) is 25.0. The molecule has 6 heteroatoms. The van der Waals surface area contributed by atoms with Crippen molar-refractivity contribution in [1.82, 2.24) is 0 Å². The van der Waals surface area contributed by atoms with Gasteiger partial charge in [0.1, 0.15) is 18.1 Å². The summed E-state index contributed by atoms with van der Waals surface area (Å²) in [5.74, 6) is -2.16. The zero-order chi connectivity index (χ0) is 17.7. The molecule has 2 aliphatic carbocycles. The van der Waals surface area contributed by atoms with Gasteiger partial charge in [-0.3, -0.25) is 9.59 Å². The van der Waals surface area contributed by atoms with Gasteiger partial charge in [-0.2, -0.15) is 0 Å². The molecule has 2 bridgehead atoms. The smallest absolute Gasteiger partial charge is 0.315 e.